The van der Waals surface area contributed by atoms with Crippen LogP contribution in [0.1, 0.15) is 15.9 Å². The number of carbonyl (C=O) groups excluding carboxylic acids is 1. The lowest BCUT2D eigenvalue weighted by Gasteiger charge is -2.09. The minimum absolute atomic E-state index is 0.0407. The Balaban J connectivity index is 2.23. The van der Waals surface area contributed by atoms with Gasteiger partial charge in [0.05, 0.1) is 18.2 Å². The van der Waals surface area contributed by atoms with Gasteiger partial charge in [-0.1, -0.05) is 0 Å². The van der Waals surface area contributed by atoms with Crippen LogP contribution in [0.25, 0.3) is 0 Å². The van der Waals surface area contributed by atoms with Crippen molar-refractivity contribution in [1.82, 2.24) is 4.72 Å². The molecule has 2 rings (SSSR count). The molecule has 0 aliphatic rings. The Bertz CT molecular complexity index is 723. The molecule has 5 N–H and O–H groups in total. The van der Waals surface area contributed by atoms with E-state index >= 15 is 0 Å². The standard InChI is InChI=1S/C12H13N3O4S/c13-10-5-9(12(14)16)1-2-11(10)20(17,18)15-6-8-3-4-19-7-8/h1-5,7,15H,6,13H2,(H2,14,16). The van der Waals surface area contributed by atoms with Crippen molar-refractivity contribution in [3.8, 4) is 0 Å². The molecule has 7 nitrogen and oxygen atoms in total. The molecule has 0 saturated heterocycles. The SMILES string of the molecule is NC(=O)c1ccc(S(=O)(=O)NCc2ccoc2)c(N)c1. The third kappa shape index (κ3) is 2.98. The maximum absolute atomic E-state index is 12.1. The Hall–Kier alpha value is -2.32. The number of nitrogen functional groups attached to an aromatic ring is 1. The van der Waals surface area contributed by atoms with Crippen LogP contribution in [0.3, 0.4) is 0 Å². The quantitative estimate of drug-likeness (QED) is 0.689. The lowest BCUT2D eigenvalue weighted by molar-refractivity contribution is 0.1000. The van der Waals surface area contributed by atoms with E-state index in [1.807, 2.05) is 0 Å². The van der Waals surface area contributed by atoms with Crippen LogP contribution in [0.4, 0.5) is 5.69 Å². The van der Waals surface area contributed by atoms with Gasteiger partial charge in [-0.3, -0.25) is 4.79 Å². The average Bonchev–Trinajstić information content (AvgIpc) is 2.89. The topological polar surface area (TPSA) is 128 Å². The molecular weight excluding hydrogens is 282 g/mol. The van der Waals surface area contributed by atoms with E-state index in [2.05, 4.69) is 4.72 Å². The molecule has 20 heavy (non-hydrogen) atoms. The molecule has 1 heterocycles. The summed E-state index contributed by atoms with van der Waals surface area (Å²) in [5.74, 6) is -0.674. The Labute approximate surface area is 115 Å². The largest absolute Gasteiger partial charge is 0.472 e. The fraction of sp³-hybridized carbons (Fsp3) is 0.0833. The Morgan fingerprint density at radius 2 is 2.05 bits per heavy atom. The van der Waals surface area contributed by atoms with Crippen molar-refractivity contribution in [3.63, 3.8) is 0 Å². The fourth-order valence-electron chi connectivity index (χ4n) is 1.60. The summed E-state index contributed by atoms with van der Waals surface area (Å²) in [4.78, 5) is 10.9. The molecule has 106 valence electrons. The average molecular weight is 295 g/mol. The van der Waals surface area contributed by atoms with Gasteiger partial charge in [0.15, 0.2) is 0 Å². The van der Waals surface area contributed by atoms with E-state index in [0.29, 0.717) is 5.56 Å². The van der Waals surface area contributed by atoms with Crippen molar-refractivity contribution in [3.05, 3.63) is 47.9 Å². The van der Waals surface area contributed by atoms with Gasteiger partial charge in [0.1, 0.15) is 4.90 Å². The van der Waals surface area contributed by atoms with Gasteiger partial charge >= 0.3 is 0 Å². The molecule has 0 aliphatic heterocycles. The van der Waals surface area contributed by atoms with Crippen LogP contribution in [0.15, 0.2) is 46.1 Å². The second-order valence-corrected chi connectivity index (χ2v) is 5.81. The first-order chi connectivity index (χ1) is 9.40. The van der Waals surface area contributed by atoms with Crippen LogP contribution in [0.5, 0.6) is 0 Å². The summed E-state index contributed by atoms with van der Waals surface area (Å²) in [5, 5.41) is 0. The molecular formula is C12H13N3O4S. The molecule has 1 aromatic heterocycles. The van der Waals surface area contributed by atoms with E-state index in [0.717, 1.165) is 0 Å². The van der Waals surface area contributed by atoms with Crippen molar-refractivity contribution in [2.45, 2.75) is 11.4 Å². The van der Waals surface area contributed by atoms with Crippen molar-refractivity contribution in [1.29, 1.82) is 0 Å². The summed E-state index contributed by atoms with van der Waals surface area (Å²) in [6, 6.07) is 5.43. The molecule has 2 aromatic rings. The third-order valence-electron chi connectivity index (χ3n) is 2.63. The number of furan rings is 1. The zero-order valence-electron chi connectivity index (χ0n) is 10.4. The summed E-state index contributed by atoms with van der Waals surface area (Å²) in [5.41, 5.74) is 11.5. The molecule has 0 radical (unpaired) electrons. The highest BCUT2D eigenvalue weighted by Crippen LogP contribution is 2.19. The zero-order chi connectivity index (χ0) is 14.8. The van der Waals surface area contributed by atoms with Crippen LogP contribution in [0.2, 0.25) is 0 Å². The summed E-state index contributed by atoms with van der Waals surface area (Å²) in [7, 11) is -3.78. The lowest BCUT2D eigenvalue weighted by atomic mass is 10.2. The number of carbonyl (C=O) groups is 1. The number of anilines is 1. The highest BCUT2D eigenvalue weighted by molar-refractivity contribution is 7.89. The minimum atomic E-state index is -3.78. The molecule has 0 spiro atoms. The van der Waals surface area contributed by atoms with Gasteiger partial charge in [-0.25, -0.2) is 13.1 Å². The number of hydrogen-bond acceptors (Lipinski definition) is 5. The van der Waals surface area contributed by atoms with Gasteiger partial charge in [-0.15, -0.1) is 0 Å². The predicted molar refractivity (Wildman–Crippen MR) is 72.1 cm³/mol. The van der Waals surface area contributed by atoms with Gasteiger partial charge in [0, 0.05) is 17.7 Å². The Morgan fingerprint density at radius 3 is 2.60 bits per heavy atom. The maximum Gasteiger partial charge on any atom is 0.248 e. The number of nitrogens with one attached hydrogen (secondary N) is 1. The summed E-state index contributed by atoms with van der Waals surface area (Å²) in [6.07, 6.45) is 2.88. The van der Waals surface area contributed by atoms with Crippen molar-refractivity contribution >= 4 is 21.6 Å². The molecule has 0 saturated carbocycles. The molecule has 0 bridgehead atoms. The zero-order valence-corrected chi connectivity index (χ0v) is 11.2. The van der Waals surface area contributed by atoms with Crippen molar-refractivity contribution in [2.24, 2.45) is 5.73 Å². The number of amides is 1. The molecule has 1 aromatic carbocycles. The molecule has 0 atom stereocenters. The number of rotatable bonds is 5. The second-order valence-electron chi connectivity index (χ2n) is 4.07. The number of benzene rings is 1. The van der Waals surface area contributed by atoms with E-state index in [1.165, 1.54) is 30.7 Å². The van der Waals surface area contributed by atoms with Gasteiger partial charge in [-0.2, -0.15) is 0 Å². The second kappa shape index (κ2) is 5.35. The third-order valence-corrected chi connectivity index (χ3v) is 4.11. The summed E-state index contributed by atoms with van der Waals surface area (Å²) in [6.45, 7) is 0.0792. The normalized spacial score (nSPS) is 11.4. The molecule has 0 unspecified atom stereocenters. The van der Waals surface area contributed by atoms with Crippen LogP contribution in [-0.4, -0.2) is 14.3 Å². The highest BCUT2D eigenvalue weighted by Gasteiger charge is 2.18. The number of primary amides is 1. The fourth-order valence-corrected chi connectivity index (χ4v) is 2.72. The van der Waals surface area contributed by atoms with E-state index in [4.69, 9.17) is 15.9 Å². The van der Waals surface area contributed by atoms with E-state index in [9.17, 15) is 13.2 Å². The Kier molecular flexibility index (Phi) is 3.77. The molecule has 0 fully saturated rings. The van der Waals surface area contributed by atoms with Gasteiger partial charge < -0.3 is 15.9 Å². The van der Waals surface area contributed by atoms with Crippen LogP contribution < -0.4 is 16.2 Å². The van der Waals surface area contributed by atoms with Crippen molar-refractivity contribution in [2.75, 3.05) is 5.73 Å². The monoisotopic (exact) mass is 295 g/mol. The first-order valence-corrected chi connectivity index (χ1v) is 7.08. The first-order valence-electron chi connectivity index (χ1n) is 5.60. The maximum atomic E-state index is 12.1. The smallest absolute Gasteiger partial charge is 0.248 e. The minimum Gasteiger partial charge on any atom is -0.472 e. The van der Waals surface area contributed by atoms with Gasteiger partial charge in [0.25, 0.3) is 0 Å². The predicted octanol–water partition coefficient (Wildman–Crippen LogP) is 0.439. The van der Waals surface area contributed by atoms with E-state index in [1.54, 1.807) is 6.07 Å². The van der Waals surface area contributed by atoms with Gasteiger partial charge in [0.2, 0.25) is 15.9 Å². The first kappa shape index (κ1) is 14.1. The number of nitrogens with two attached hydrogens (primary N) is 2. The van der Waals surface area contributed by atoms with E-state index < -0.39 is 15.9 Å². The van der Waals surface area contributed by atoms with Crippen LogP contribution >= 0.6 is 0 Å². The van der Waals surface area contributed by atoms with Crippen molar-refractivity contribution < 1.29 is 17.6 Å². The molecule has 1 amide bonds. The highest BCUT2D eigenvalue weighted by atomic mass is 32.2. The number of sulfonamides is 1. The lowest BCUT2D eigenvalue weighted by Crippen LogP contribution is -2.24. The van der Waals surface area contributed by atoms with Crippen LogP contribution in [0, 0.1) is 0 Å². The van der Waals surface area contributed by atoms with Gasteiger partial charge in [-0.05, 0) is 24.3 Å². The Morgan fingerprint density at radius 1 is 1.30 bits per heavy atom. The molecule has 0 aliphatic carbocycles. The summed E-state index contributed by atoms with van der Waals surface area (Å²) >= 11 is 0. The van der Waals surface area contributed by atoms with Crippen LogP contribution in [-0.2, 0) is 16.6 Å². The summed E-state index contributed by atoms with van der Waals surface area (Å²) < 4.78 is 31.4. The molecule has 8 heteroatoms. The van der Waals surface area contributed by atoms with E-state index in [-0.39, 0.29) is 22.7 Å². The number of hydrogen-bond donors (Lipinski definition) is 3.